The highest BCUT2D eigenvalue weighted by molar-refractivity contribution is 5.54. The molecule has 0 saturated heterocycles. The van der Waals surface area contributed by atoms with Crippen LogP contribution in [0.2, 0.25) is 0 Å². The van der Waals surface area contributed by atoms with E-state index in [0.717, 1.165) is 11.4 Å². The van der Waals surface area contributed by atoms with Crippen LogP contribution in [0.3, 0.4) is 0 Å². The molecule has 1 heterocycles. The number of aryl methyl sites for hydroxylation is 1. The summed E-state index contributed by atoms with van der Waals surface area (Å²) in [7, 11) is 1.96. The first-order valence-corrected chi connectivity index (χ1v) is 2.85. The van der Waals surface area contributed by atoms with Crippen LogP contribution in [0.4, 0.5) is 0 Å². The van der Waals surface area contributed by atoms with Crippen molar-refractivity contribution in [3.05, 3.63) is 24.8 Å². The summed E-state index contributed by atoms with van der Waals surface area (Å²) >= 11 is 0. The Bertz CT molecular complexity index is 223. The van der Waals surface area contributed by atoms with Gasteiger partial charge in [-0.15, -0.1) is 0 Å². The van der Waals surface area contributed by atoms with Crippen molar-refractivity contribution in [1.29, 1.82) is 0 Å². The first kappa shape index (κ1) is 6.08. The lowest BCUT2D eigenvalue weighted by molar-refractivity contribution is 0.889. The normalized spacial score (nSPS) is 9.56. The summed E-state index contributed by atoms with van der Waals surface area (Å²) in [6, 6.07) is 0. The average Bonchev–Trinajstić information content (AvgIpc) is 2.13. The van der Waals surface area contributed by atoms with Gasteiger partial charge in [-0.25, -0.2) is 4.98 Å². The largest absolute Gasteiger partial charge is 0.334 e. The maximum atomic E-state index is 4.08. The average molecular weight is 122 g/mol. The Balaban J connectivity index is 3.08. The summed E-state index contributed by atoms with van der Waals surface area (Å²) in [5.41, 5.74) is 1.00. The molecule has 2 nitrogen and oxygen atoms in total. The van der Waals surface area contributed by atoms with Crippen molar-refractivity contribution in [3.8, 4) is 0 Å². The molecule has 0 radical (unpaired) electrons. The number of nitrogens with zero attached hydrogens (tertiary/aromatic N) is 2. The Morgan fingerprint density at radius 2 is 2.44 bits per heavy atom. The Kier molecular flexibility index (Phi) is 1.39. The number of hydrogen-bond donors (Lipinski definition) is 0. The van der Waals surface area contributed by atoms with E-state index in [0.29, 0.717) is 0 Å². The van der Waals surface area contributed by atoms with E-state index in [-0.39, 0.29) is 0 Å². The van der Waals surface area contributed by atoms with Gasteiger partial charge in [0.15, 0.2) is 0 Å². The third kappa shape index (κ3) is 1.02. The minimum Gasteiger partial charge on any atom is -0.334 e. The van der Waals surface area contributed by atoms with Gasteiger partial charge in [-0.1, -0.05) is 6.58 Å². The second-order valence-corrected chi connectivity index (χ2v) is 2.14. The van der Waals surface area contributed by atoms with Crippen LogP contribution in [0, 0.1) is 0 Å². The van der Waals surface area contributed by atoms with E-state index >= 15 is 0 Å². The fourth-order valence-electron chi connectivity index (χ4n) is 0.777. The zero-order valence-electron chi connectivity index (χ0n) is 5.76. The first-order chi connectivity index (χ1) is 4.22. The monoisotopic (exact) mass is 122 g/mol. The van der Waals surface area contributed by atoms with E-state index in [1.807, 2.05) is 24.7 Å². The molecule has 0 saturated carbocycles. The molecular formula is C7H10N2. The lowest BCUT2D eigenvalue weighted by Crippen LogP contribution is -1.92. The fourth-order valence-corrected chi connectivity index (χ4v) is 0.777. The Labute approximate surface area is 54.8 Å². The van der Waals surface area contributed by atoms with Gasteiger partial charge in [-0.05, 0) is 12.5 Å². The zero-order valence-corrected chi connectivity index (χ0v) is 5.76. The lowest BCUT2D eigenvalue weighted by Gasteiger charge is -1.96. The van der Waals surface area contributed by atoms with Gasteiger partial charge in [-0.3, -0.25) is 0 Å². The molecule has 2 heteroatoms. The van der Waals surface area contributed by atoms with Gasteiger partial charge >= 0.3 is 0 Å². The second-order valence-electron chi connectivity index (χ2n) is 2.14. The van der Waals surface area contributed by atoms with Gasteiger partial charge < -0.3 is 4.57 Å². The number of imidazole rings is 1. The van der Waals surface area contributed by atoms with Crippen LogP contribution in [-0.2, 0) is 7.05 Å². The summed E-state index contributed by atoms with van der Waals surface area (Å²) in [5.74, 6) is 0.954. The van der Waals surface area contributed by atoms with E-state index in [2.05, 4.69) is 11.6 Å². The van der Waals surface area contributed by atoms with Gasteiger partial charge in [0.05, 0.1) is 0 Å². The molecular weight excluding hydrogens is 112 g/mol. The topological polar surface area (TPSA) is 17.8 Å². The van der Waals surface area contributed by atoms with Crippen LogP contribution >= 0.6 is 0 Å². The highest BCUT2D eigenvalue weighted by atomic mass is 15.0. The van der Waals surface area contributed by atoms with E-state index in [1.165, 1.54) is 0 Å². The van der Waals surface area contributed by atoms with E-state index in [1.54, 1.807) is 6.20 Å². The molecule has 0 atom stereocenters. The molecule has 1 aromatic heterocycles. The van der Waals surface area contributed by atoms with Crippen molar-refractivity contribution < 1.29 is 0 Å². The third-order valence-corrected chi connectivity index (χ3v) is 1.20. The molecule has 9 heavy (non-hydrogen) atoms. The molecule has 1 aromatic rings. The van der Waals surface area contributed by atoms with Gasteiger partial charge in [-0.2, -0.15) is 0 Å². The number of allylic oxidation sites excluding steroid dienone is 1. The van der Waals surface area contributed by atoms with Crippen molar-refractivity contribution in [2.45, 2.75) is 6.92 Å². The molecule has 0 spiro atoms. The second kappa shape index (κ2) is 2.05. The number of hydrogen-bond acceptors (Lipinski definition) is 1. The summed E-state index contributed by atoms with van der Waals surface area (Å²) < 4.78 is 1.95. The van der Waals surface area contributed by atoms with Crippen molar-refractivity contribution in [1.82, 2.24) is 9.55 Å². The summed E-state index contributed by atoms with van der Waals surface area (Å²) in [5, 5.41) is 0. The standard InChI is InChI=1S/C7H10N2/c1-6(2)7-8-4-5-9(7)3/h4-5H,1H2,2-3H3. The first-order valence-electron chi connectivity index (χ1n) is 2.85. The Morgan fingerprint density at radius 1 is 1.78 bits per heavy atom. The predicted molar refractivity (Wildman–Crippen MR) is 37.9 cm³/mol. The molecule has 0 aliphatic rings. The molecule has 0 aliphatic carbocycles. The van der Waals surface area contributed by atoms with Gasteiger partial charge in [0.1, 0.15) is 5.82 Å². The maximum Gasteiger partial charge on any atom is 0.134 e. The highest BCUT2D eigenvalue weighted by Crippen LogP contribution is 2.05. The van der Waals surface area contributed by atoms with E-state index in [9.17, 15) is 0 Å². The molecule has 0 aromatic carbocycles. The van der Waals surface area contributed by atoms with Crippen LogP contribution in [0.1, 0.15) is 12.7 Å². The molecule has 48 valence electrons. The van der Waals surface area contributed by atoms with E-state index < -0.39 is 0 Å². The van der Waals surface area contributed by atoms with Gasteiger partial charge in [0.2, 0.25) is 0 Å². The summed E-state index contributed by atoms with van der Waals surface area (Å²) in [6.45, 7) is 5.72. The molecule has 0 aliphatic heterocycles. The Morgan fingerprint density at radius 3 is 2.67 bits per heavy atom. The molecule has 0 unspecified atom stereocenters. The number of aromatic nitrogens is 2. The summed E-state index contributed by atoms with van der Waals surface area (Å²) in [6.07, 6.45) is 3.67. The smallest absolute Gasteiger partial charge is 0.134 e. The molecule has 0 N–H and O–H groups in total. The van der Waals surface area contributed by atoms with Crippen LogP contribution in [0.25, 0.3) is 5.57 Å². The zero-order chi connectivity index (χ0) is 6.85. The van der Waals surface area contributed by atoms with Crippen molar-refractivity contribution in [2.75, 3.05) is 0 Å². The van der Waals surface area contributed by atoms with Crippen LogP contribution in [-0.4, -0.2) is 9.55 Å². The minimum absolute atomic E-state index is 0.954. The quantitative estimate of drug-likeness (QED) is 0.551. The minimum atomic E-state index is 0.954. The predicted octanol–water partition coefficient (Wildman–Crippen LogP) is 1.45. The Hall–Kier alpha value is -1.05. The number of rotatable bonds is 1. The van der Waals surface area contributed by atoms with Crippen molar-refractivity contribution in [2.24, 2.45) is 7.05 Å². The molecule has 0 amide bonds. The SMILES string of the molecule is C=C(C)c1nccn1C. The molecule has 0 fully saturated rings. The third-order valence-electron chi connectivity index (χ3n) is 1.20. The van der Waals surface area contributed by atoms with Crippen LogP contribution in [0.15, 0.2) is 19.0 Å². The van der Waals surface area contributed by atoms with Gasteiger partial charge in [0.25, 0.3) is 0 Å². The van der Waals surface area contributed by atoms with Crippen molar-refractivity contribution >= 4 is 5.57 Å². The molecule has 0 bridgehead atoms. The maximum absolute atomic E-state index is 4.08. The fraction of sp³-hybridized carbons (Fsp3) is 0.286. The van der Waals surface area contributed by atoms with Gasteiger partial charge in [0, 0.05) is 19.4 Å². The summed E-state index contributed by atoms with van der Waals surface area (Å²) in [4.78, 5) is 4.08. The van der Waals surface area contributed by atoms with Crippen LogP contribution < -0.4 is 0 Å². The highest BCUT2D eigenvalue weighted by Gasteiger charge is 1.95. The molecule has 1 rings (SSSR count). The lowest BCUT2D eigenvalue weighted by atomic mass is 10.3. The van der Waals surface area contributed by atoms with E-state index in [4.69, 9.17) is 0 Å². The van der Waals surface area contributed by atoms with Crippen LogP contribution in [0.5, 0.6) is 0 Å². The van der Waals surface area contributed by atoms with Crippen molar-refractivity contribution in [3.63, 3.8) is 0 Å².